The van der Waals surface area contributed by atoms with Crippen molar-refractivity contribution in [1.82, 2.24) is 5.32 Å². The molecule has 0 aliphatic carbocycles. The van der Waals surface area contributed by atoms with Gasteiger partial charge in [0.05, 0.1) is 5.69 Å². The Balaban J connectivity index is 2.41. The summed E-state index contributed by atoms with van der Waals surface area (Å²) in [5, 5.41) is 23.6. The Morgan fingerprint density at radius 3 is 2.71 bits per heavy atom. The molecular formula is C14H20N2O5. The van der Waals surface area contributed by atoms with Gasteiger partial charge in [-0.2, -0.15) is 0 Å². The van der Waals surface area contributed by atoms with E-state index in [0.717, 1.165) is 6.42 Å². The highest BCUT2D eigenvalue weighted by molar-refractivity contribution is 5.97. The number of rotatable bonds is 8. The first-order valence-electron chi connectivity index (χ1n) is 6.74. The van der Waals surface area contributed by atoms with Crippen LogP contribution >= 0.6 is 0 Å². The molecule has 4 N–H and O–H groups in total. The molecule has 1 aromatic rings. The number of aromatic hydroxyl groups is 1. The average Bonchev–Trinajstić information content (AvgIpc) is 2.44. The second-order valence-corrected chi connectivity index (χ2v) is 4.35. The number of benzene rings is 1. The maximum absolute atomic E-state index is 11.6. The van der Waals surface area contributed by atoms with E-state index in [1.807, 2.05) is 6.92 Å². The third-order valence-electron chi connectivity index (χ3n) is 2.61. The van der Waals surface area contributed by atoms with Gasteiger partial charge in [0.25, 0.3) is 0 Å². The van der Waals surface area contributed by atoms with Gasteiger partial charge in [-0.05, 0) is 25.0 Å². The SMILES string of the molecule is CCCOCCCNC(=O)Nc1cccc(C(=O)O)c1O. The molecule has 1 aromatic carbocycles. The molecule has 21 heavy (non-hydrogen) atoms. The molecule has 0 spiro atoms. The Morgan fingerprint density at radius 1 is 1.29 bits per heavy atom. The van der Waals surface area contributed by atoms with E-state index in [0.29, 0.717) is 26.2 Å². The van der Waals surface area contributed by atoms with E-state index in [1.54, 1.807) is 0 Å². The van der Waals surface area contributed by atoms with Crippen molar-refractivity contribution in [3.63, 3.8) is 0 Å². The average molecular weight is 296 g/mol. The summed E-state index contributed by atoms with van der Waals surface area (Å²) in [7, 11) is 0. The minimum atomic E-state index is -1.26. The summed E-state index contributed by atoms with van der Waals surface area (Å²) < 4.78 is 5.27. The number of phenols is 1. The van der Waals surface area contributed by atoms with Crippen molar-refractivity contribution in [2.45, 2.75) is 19.8 Å². The standard InChI is InChI=1S/C14H20N2O5/c1-2-8-21-9-4-7-15-14(20)16-11-6-3-5-10(12(11)17)13(18)19/h3,5-6,17H,2,4,7-9H2,1H3,(H,18,19)(H2,15,16,20). The van der Waals surface area contributed by atoms with Gasteiger partial charge in [-0.1, -0.05) is 13.0 Å². The van der Waals surface area contributed by atoms with E-state index >= 15 is 0 Å². The van der Waals surface area contributed by atoms with Crippen LogP contribution in [-0.2, 0) is 4.74 Å². The number of carboxylic acid groups (broad SMARTS) is 1. The maximum atomic E-state index is 11.6. The van der Waals surface area contributed by atoms with Crippen LogP contribution in [0.4, 0.5) is 10.5 Å². The first-order chi connectivity index (χ1) is 10.1. The number of para-hydroxylation sites is 1. The van der Waals surface area contributed by atoms with Crippen molar-refractivity contribution in [3.05, 3.63) is 23.8 Å². The molecule has 1 rings (SSSR count). The van der Waals surface area contributed by atoms with Gasteiger partial charge in [0.2, 0.25) is 0 Å². The van der Waals surface area contributed by atoms with E-state index in [9.17, 15) is 14.7 Å². The number of urea groups is 1. The molecule has 116 valence electrons. The second-order valence-electron chi connectivity index (χ2n) is 4.35. The Kier molecular flexibility index (Phi) is 7.03. The zero-order valence-electron chi connectivity index (χ0n) is 11.9. The summed E-state index contributed by atoms with van der Waals surface area (Å²) in [6, 6.07) is 3.61. The molecule has 0 saturated heterocycles. The van der Waals surface area contributed by atoms with Crippen molar-refractivity contribution in [3.8, 4) is 5.75 Å². The first-order valence-corrected chi connectivity index (χ1v) is 6.74. The van der Waals surface area contributed by atoms with E-state index in [2.05, 4.69) is 10.6 Å². The lowest BCUT2D eigenvalue weighted by atomic mass is 10.2. The molecule has 0 atom stereocenters. The highest BCUT2D eigenvalue weighted by Gasteiger charge is 2.14. The largest absolute Gasteiger partial charge is 0.505 e. The van der Waals surface area contributed by atoms with Gasteiger partial charge >= 0.3 is 12.0 Å². The Labute approximate surface area is 122 Å². The van der Waals surface area contributed by atoms with Crippen molar-refractivity contribution in [1.29, 1.82) is 0 Å². The van der Waals surface area contributed by atoms with Gasteiger partial charge in [-0.15, -0.1) is 0 Å². The monoisotopic (exact) mass is 296 g/mol. The summed E-state index contributed by atoms with van der Waals surface area (Å²) in [6.45, 7) is 3.70. The number of aromatic carboxylic acids is 1. The normalized spacial score (nSPS) is 10.1. The summed E-state index contributed by atoms with van der Waals surface area (Å²) in [6.07, 6.45) is 1.63. The van der Waals surface area contributed by atoms with Crippen LogP contribution in [0.3, 0.4) is 0 Å². The molecule has 7 nitrogen and oxygen atoms in total. The summed E-state index contributed by atoms with van der Waals surface area (Å²) in [4.78, 5) is 22.5. The van der Waals surface area contributed by atoms with Crippen LogP contribution in [0.5, 0.6) is 5.75 Å². The van der Waals surface area contributed by atoms with Crippen molar-refractivity contribution >= 4 is 17.7 Å². The number of amides is 2. The van der Waals surface area contributed by atoms with Gasteiger partial charge in [0.1, 0.15) is 5.56 Å². The van der Waals surface area contributed by atoms with Crippen molar-refractivity contribution in [2.24, 2.45) is 0 Å². The highest BCUT2D eigenvalue weighted by atomic mass is 16.5. The minimum Gasteiger partial charge on any atom is -0.505 e. The van der Waals surface area contributed by atoms with E-state index in [-0.39, 0.29) is 11.3 Å². The number of nitrogens with one attached hydrogen (secondary N) is 2. The van der Waals surface area contributed by atoms with Crippen molar-refractivity contribution < 1.29 is 24.5 Å². The third-order valence-corrected chi connectivity index (χ3v) is 2.61. The van der Waals surface area contributed by atoms with Gasteiger partial charge < -0.3 is 25.6 Å². The molecule has 0 aliphatic heterocycles. The van der Waals surface area contributed by atoms with Gasteiger partial charge in [-0.3, -0.25) is 0 Å². The predicted molar refractivity (Wildman–Crippen MR) is 77.8 cm³/mol. The third kappa shape index (κ3) is 5.70. The molecular weight excluding hydrogens is 276 g/mol. The van der Waals surface area contributed by atoms with E-state index in [1.165, 1.54) is 18.2 Å². The van der Waals surface area contributed by atoms with Gasteiger partial charge in [-0.25, -0.2) is 9.59 Å². The maximum Gasteiger partial charge on any atom is 0.339 e. The fourth-order valence-corrected chi connectivity index (χ4v) is 1.61. The first kappa shape index (κ1) is 16.8. The lowest BCUT2D eigenvalue weighted by Crippen LogP contribution is -2.30. The lowest BCUT2D eigenvalue weighted by molar-refractivity contribution is 0.0693. The highest BCUT2D eigenvalue weighted by Crippen LogP contribution is 2.27. The molecule has 0 heterocycles. The Hall–Kier alpha value is -2.28. The molecule has 0 saturated carbocycles. The van der Waals surface area contributed by atoms with Crippen molar-refractivity contribution in [2.75, 3.05) is 25.1 Å². The fraction of sp³-hybridized carbons (Fsp3) is 0.429. The van der Waals surface area contributed by atoms with Crippen LogP contribution in [-0.4, -0.2) is 42.0 Å². The summed E-state index contributed by atoms with van der Waals surface area (Å²) in [5.74, 6) is -1.73. The Bertz CT molecular complexity index is 490. The quantitative estimate of drug-likeness (QED) is 0.433. The zero-order valence-corrected chi connectivity index (χ0v) is 11.9. The van der Waals surface area contributed by atoms with E-state index < -0.39 is 17.7 Å². The Morgan fingerprint density at radius 2 is 2.05 bits per heavy atom. The molecule has 7 heteroatoms. The smallest absolute Gasteiger partial charge is 0.339 e. The van der Waals surface area contributed by atoms with Crippen LogP contribution in [0.1, 0.15) is 30.1 Å². The number of hydrogen-bond donors (Lipinski definition) is 4. The molecule has 0 radical (unpaired) electrons. The molecule has 0 bridgehead atoms. The molecule has 0 fully saturated rings. The number of ether oxygens (including phenoxy) is 1. The number of carboxylic acids is 1. The minimum absolute atomic E-state index is 0.0506. The van der Waals surface area contributed by atoms with Crippen LogP contribution in [0, 0.1) is 0 Å². The topological polar surface area (TPSA) is 108 Å². The molecule has 0 aromatic heterocycles. The lowest BCUT2D eigenvalue weighted by Gasteiger charge is -2.10. The van der Waals surface area contributed by atoms with Crippen LogP contribution < -0.4 is 10.6 Å². The summed E-state index contributed by atoms with van der Waals surface area (Å²) in [5.41, 5.74) is -0.213. The second kappa shape index (κ2) is 8.80. The van der Waals surface area contributed by atoms with Crippen LogP contribution in [0.25, 0.3) is 0 Å². The van der Waals surface area contributed by atoms with E-state index in [4.69, 9.17) is 9.84 Å². The van der Waals surface area contributed by atoms with Crippen LogP contribution in [0.2, 0.25) is 0 Å². The molecule has 0 unspecified atom stereocenters. The number of carbonyl (C=O) groups excluding carboxylic acids is 1. The summed E-state index contributed by atoms with van der Waals surface area (Å²) >= 11 is 0. The molecule has 0 aliphatic rings. The molecule has 2 amide bonds. The van der Waals surface area contributed by atoms with Crippen LogP contribution in [0.15, 0.2) is 18.2 Å². The number of anilines is 1. The van der Waals surface area contributed by atoms with Gasteiger partial charge in [0.15, 0.2) is 5.75 Å². The number of hydrogen-bond acceptors (Lipinski definition) is 4. The van der Waals surface area contributed by atoms with Gasteiger partial charge in [0, 0.05) is 19.8 Å². The fourth-order valence-electron chi connectivity index (χ4n) is 1.61. The number of carbonyl (C=O) groups is 2. The predicted octanol–water partition coefficient (Wildman–Crippen LogP) is 2.03. The zero-order chi connectivity index (χ0) is 15.7.